The highest BCUT2D eigenvalue weighted by molar-refractivity contribution is 14.0. The molecular formula is C41H29Br2F4IN4O2. The minimum Gasteiger partial charge on any atom is -0.324 e. The maximum Gasteiger partial charge on any atom is 0.237 e. The standard InChI is InChI=1S/C21H15BrF2N2O.C20H13BrF2N2O.HI/c1-26-18-10-25-17-7-16(24)14(22)6-13(17)19(18)21(20(26)27)8-11(9-21)12-4-2-3-5-15(12)23;21-13-5-12-16(6-15(13)23)24-9-17-18(12)20(19(26)25-17)7-10(8-20)11-3-1-2-4-14(11)22;/h2-7,10-11H,8-9H2,1H3;1-6,9-10H,7-8H2,(H,25,26);1H. The third kappa shape index (κ3) is 5.42. The van der Waals surface area contributed by atoms with Crippen molar-refractivity contribution in [3.8, 4) is 0 Å². The van der Waals surface area contributed by atoms with Crippen LogP contribution in [0.1, 0.15) is 59.8 Å². The van der Waals surface area contributed by atoms with E-state index in [2.05, 4.69) is 47.1 Å². The fourth-order valence-corrected chi connectivity index (χ4v) is 9.69. The minimum atomic E-state index is -0.708. The number of hydrogen-bond donors (Lipinski definition) is 1. The van der Waals surface area contributed by atoms with Gasteiger partial charge < -0.3 is 10.2 Å². The van der Waals surface area contributed by atoms with E-state index < -0.39 is 16.6 Å². The zero-order valence-electron chi connectivity index (χ0n) is 28.4. The van der Waals surface area contributed by atoms with Crippen LogP contribution >= 0.6 is 55.8 Å². The predicted molar refractivity (Wildman–Crippen MR) is 216 cm³/mol. The number of aromatic nitrogens is 2. The van der Waals surface area contributed by atoms with Gasteiger partial charge in [0.1, 0.15) is 23.3 Å². The normalized spacial score (nSPS) is 23.4. The molecule has 2 aliphatic carbocycles. The van der Waals surface area contributed by atoms with E-state index in [1.54, 1.807) is 60.7 Å². The molecule has 4 aliphatic rings. The fraction of sp³-hybridized carbons (Fsp3) is 0.220. The van der Waals surface area contributed by atoms with Gasteiger partial charge in [0.25, 0.3) is 0 Å². The molecule has 2 spiro atoms. The van der Waals surface area contributed by atoms with Gasteiger partial charge in [-0.1, -0.05) is 36.4 Å². The second-order valence-corrected chi connectivity index (χ2v) is 16.1. The molecule has 4 heterocycles. The average molecular weight is 972 g/mol. The van der Waals surface area contributed by atoms with Crippen LogP contribution in [0.5, 0.6) is 0 Å². The van der Waals surface area contributed by atoms with Crippen LogP contribution in [0, 0.1) is 23.3 Å². The van der Waals surface area contributed by atoms with Crippen LogP contribution in [0.3, 0.4) is 0 Å². The van der Waals surface area contributed by atoms with Gasteiger partial charge in [0, 0.05) is 41.1 Å². The van der Waals surface area contributed by atoms with Gasteiger partial charge in [-0.15, -0.1) is 24.0 Å². The molecule has 4 aromatic carbocycles. The van der Waals surface area contributed by atoms with Crippen LogP contribution in [0.4, 0.5) is 28.9 Å². The van der Waals surface area contributed by atoms with Crippen LogP contribution in [0.2, 0.25) is 0 Å². The van der Waals surface area contributed by atoms with Crippen LogP contribution in [0.25, 0.3) is 21.8 Å². The summed E-state index contributed by atoms with van der Waals surface area (Å²) in [6.07, 6.45) is 5.35. The number of likely N-dealkylation sites (N-methyl/N-ethyl adjacent to an activating group) is 1. The van der Waals surface area contributed by atoms with Crippen molar-refractivity contribution in [1.29, 1.82) is 0 Å². The van der Waals surface area contributed by atoms with Crippen molar-refractivity contribution in [2.75, 3.05) is 17.3 Å². The van der Waals surface area contributed by atoms with Gasteiger partial charge in [-0.05, 0) is 105 Å². The SMILES string of the molecule is CN1C(=O)C2(CC(c3ccccc3F)C2)c2c1cnc1cc(F)c(Br)cc21.I.O=C1Nc2cnc3cc(F)c(Br)cc3c2C12CC(c1ccccc1F)C2. The topological polar surface area (TPSA) is 75.2 Å². The molecular weight excluding hydrogens is 943 g/mol. The summed E-state index contributed by atoms with van der Waals surface area (Å²) in [5.74, 6) is -1.37. The van der Waals surface area contributed by atoms with Crippen LogP contribution in [0.15, 0.2) is 94.1 Å². The Kier molecular flexibility index (Phi) is 9.16. The Bertz CT molecular complexity index is 2580. The number of nitrogens with zero attached hydrogens (tertiary/aromatic N) is 3. The van der Waals surface area contributed by atoms with Crippen LogP contribution in [-0.4, -0.2) is 28.8 Å². The van der Waals surface area contributed by atoms with Crippen molar-refractivity contribution in [3.05, 3.63) is 140 Å². The molecule has 274 valence electrons. The number of hydrogen-bond acceptors (Lipinski definition) is 4. The Morgan fingerprint density at radius 1 is 0.685 bits per heavy atom. The number of nitrogens with one attached hydrogen (secondary N) is 1. The minimum absolute atomic E-state index is 0. The molecule has 2 amide bonds. The summed E-state index contributed by atoms with van der Waals surface area (Å²) in [5, 5.41) is 4.42. The van der Waals surface area contributed by atoms with E-state index in [-0.39, 0.29) is 65.1 Å². The highest BCUT2D eigenvalue weighted by atomic mass is 127. The van der Waals surface area contributed by atoms with Crippen molar-refractivity contribution in [1.82, 2.24) is 9.97 Å². The van der Waals surface area contributed by atoms with Gasteiger partial charge in [-0.3, -0.25) is 19.6 Å². The van der Waals surface area contributed by atoms with Crippen molar-refractivity contribution >= 4 is 101 Å². The Hall–Kier alpha value is -3.95. The molecule has 0 bridgehead atoms. The average Bonchev–Trinajstić information content (AvgIpc) is 3.53. The van der Waals surface area contributed by atoms with E-state index in [0.717, 1.165) is 27.6 Å². The molecule has 6 nitrogen and oxygen atoms in total. The lowest BCUT2D eigenvalue weighted by Crippen LogP contribution is -2.48. The second kappa shape index (κ2) is 13.4. The maximum absolute atomic E-state index is 14.2. The molecule has 13 heteroatoms. The Morgan fingerprint density at radius 3 is 1.70 bits per heavy atom. The number of halogens is 7. The van der Waals surface area contributed by atoms with Gasteiger partial charge in [-0.25, -0.2) is 17.6 Å². The molecule has 10 rings (SSSR count). The summed E-state index contributed by atoms with van der Waals surface area (Å²) in [6, 6.07) is 19.5. The Morgan fingerprint density at radius 2 is 1.17 bits per heavy atom. The molecule has 0 unspecified atom stereocenters. The number of pyridine rings is 2. The quantitative estimate of drug-likeness (QED) is 0.139. The van der Waals surface area contributed by atoms with Crippen LogP contribution in [-0.2, 0) is 20.4 Å². The van der Waals surface area contributed by atoms with Gasteiger partial charge in [0.2, 0.25) is 11.8 Å². The summed E-state index contributed by atoms with van der Waals surface area (Å²) in [6.45, 7) is 0. The first-order valence-electron chi connectivity index (χ1n) is 17.1. The summed E-state index contributed by atoms with van der Waals surface area (Å²) < 4.78 is 56.8. The van der Waals surface area contributed by atoms with E-state index in [1.807, 2.05) is 12.1 Å². The summed E-state index contributed by atoms with van der Waals surface area (Å²) >= 11 is 6.46. The van der Waals surface area contributed by atoms with Gasteiger partial charge >= 0.3 is 0 Å². The van der Waals surface area contributed by atoms with Crippen molar-refractivity contribution in [2.45, 2.75) is 48.3 Å². The fourth-order valence-electron chi connectivity index (χ4n) is 9.01. The number of rotatable bonds is 2. The zero-order valence-corrected chi connectivity index (χ0v) is 33.9. The van der Waals surface area contributed by atoms with E-state index in [1.165, 1.54) is 24.3 Å². The molecule has 2 aliphatic heterocycles. The molecule has 0 radical (unpaired) electrons. The molecule has 54 heavy (non-hydrogen) atoms. The van der Waals surface area contributed by atoms with E-state index >= 15 is 0 Å². The predicted octanol–water partition coefficient (Wildman–Crippen LogP) is 10.7. The maximum atomic E-state index is 14.2. The van der Waals surface area contributed by atoms with E-state index in [0.29, 0.717) is 62.5 Å². The largest absolute Gasteiger partial charge is 0.324 e. The highest BCUT2D eigenvalue weighted by Gasteiger charge is 2.59. The van der Waals surface area contributed by atoms with Crippen molar-refractivity contribution in [3.63, 3.8) is 0 Å². The summed E-state index contributed by atoms with van der Waals surface area (Å²) in [5.41, 5.74) is 4.06. The van der Waals surface area contributed by atoms with Gasteiger partial charge in [0.15, 0.2) is 0 Å². The number of carbonyl (C=O) groups is 2. The number of benzene rings is 4. The monoisotopic (exact) mass is 970 g/mol. The third-order valence-corrected chi connectivity index (χ3v) is 12.8. The lowest BCUT2D eigenvalue weighted by atomic mass is 9.57. The summed E-state index contributed by atoms with van der Waals surface area (Å²) in [7, 11) is 1.73. The number of anilines is 2. The van der Waals surface area contributed by atoms with Crippen molar-refractivity contribution < 1.29 is 27.2 Å². The first-order chi connectivity index (χ1) is 25.4. The van der Waals surface area contributed by atoms with E-state index in [9.17, 15) is 27.2 Å². The molecule has 0 atom stereocenters. The molecule has 6 aromatic rings. The van der Waals surface area contributed by atoms with Gasteiger partial charge in [-0.2, -0.15) is 0 Å². The van der Waals surface area contributed by atoms with Crippen molar-refractivity contribution in [2.24, 2.45) is 0 Å². The zero-order chi connectivity index (χ0) is 37.0. The molecule has 2 saturated carbocycles. The molecule has 2 fully saturated rings. The number of fused-ring (bicyclic) bond motifs is 8. The smallest absolute Gasteiger partial charge is 0.237 e. The lowest BCUT2D eigenvalue weighted by Gasteiger charge is -2.44. The Labute approximate surface area is 341 Å². The number of amides is 2. The highest BCUT2D eigenvalue weighted by Crippen LogP contribution is 2.61. The first-order valence-corrected chi connectivity index (χ1v) is 18.7. The first kappa shape index (κ1) is 37.0. The third-order valence-electron chi connectivity index (χ3n) is 11.6. The molecule has 2 aromatic heterocycles. The summed E-state index contributed by atoms with van der Waals surface area (Å²) in [4.78, 5) is 36.1. The Balaban J connectivity index is 0.000000150. The lowest BCUT2D eigenvalue weighted by molar-refractivity contribution is -0.126. The van der Waals surface area contributed by atoms with Crippen LogP contribution < -0.4 is 10.2 Å². The molecule has 0 saturated heterocycles. The van der Waals surface area contributed by atoms with Gasteiger partial charge in [0.05, 0.1) is 54.6 Å². The number of carbonyl (C=O) groups excluding carboxylic acids is 2. The molecule has 1 N–H and O–H groups in total. The second-order valence-electron chi connectivity index (χ2n) is 14.4. The van der Waals surface area contributed by atoms with E-state index in [4.69, 9.17) is 0 Å².